The van der Waals surface area contributed by atoms with Crippen LogP contribution in [0.25, 0.3) is 11.1 Å². The number of piperidine rings is 3. The van der Waals surface area contributed by atoms with Gasteiger partial charge in [0, 0.05) is 76.6 Å². The quantitative estimate of drug-likeness (QED) is 0.226. The summed E-state index contributed by atoms with van der Waals surface area (Å²) in [6.45, 7) is 4.10. The van der Waals surface area contributed by atoms with Crippen LogP contribution in [0, 0.1) is 12.8 Å². The number of ether oxygens (including phenoxy) is 1. The van der Waals surface area contributed by atoms with Crippen LogP contribution in [-0.4, -0.2) is 123 Å². The average molecular weight is 748 g/mol. The first-order valence-corrected chi connectivity index (χ1v) is 18.8. The Balaban J connectivity index is 1.03. The van der Waals surface area contributed by atoms with E-state index in [9.17, 15) is 39.0 Å². The molecule has 288 valence electrons. The molecule has 54 heavy (non-hydrogen) atoms. The molecule has 1 atom stereocenters. The fourth-order valence-electron chi connectivity index (χ4n) is 8.82. The molecule has 16 nitrogen and oxygen atoms in total. The van der Waals surface area contributed by atoms with E-state index >= 15 is 0 Å². The molecule has 5 N–H and O–H groups in total. The van der Waals surface area contributed by atoms with E-state index < -0.39 is 47.3 Å². The number of urea groups is 1. The van der Waals surface area contributed by atoms with E-state index in [1.165, 1.54) is 0 Å². The second-order valence-corrected chi connectivity index (χ2v) is 15.1. The lowest BCUT2D eigenvalue weighted by atomic mass is 9.82. The molecule has 4 aliphatic heterocycles. The van der Waals surface area contributed by atoms with Crippen LogP contribution < -0.4 is 16.0 Å². The Morgan fingerprint density at radius 2 is 1.67 bits per heavy atom. The Morgan fingerprint density at radius 1 is 0.963 bits per heavy atom. The number of hydrogen-bond acceptors (Lipinski definition) is 8. The molecule has 0 spiro atoms. The molecular formula is C38H47N6O10+. The molecule has 16 heteroatoms. The minimum atomic E-state index is -1.25. The van der Waals surface area contributed by atoms with Gasteiger partial charge in [0.25, 0.3) is 5.91 Å². The van der Waals surface area contributed by atoms with Gasteiger partial charge in [-0.2, -0.15) is 0 Å². The summed E-state index contributed by atoms with van der Waals surface area (Å²) in [6, 6.07) is 10.9. The molecule has 0 radical (unpaired) electrons. The van der Waals surface area contributed by atoms with Crippen molar-refractivity contribution in [1.29, 1.82) is 0 Å². The lowest BCUT2D eigenvalue weighted by Crippen LogP contribution is -3.22. The van der Waals surface area contributed by atoms with Gasteiger partial charge in [-0.3, -0.25) is 14.6 Å². The largest absolute Gasteiger partial charge is 0.481 e. The van der Waals surface area contributed by atoms with Crippen LogP contribution in [0.4, 0.5) is 15.3 Å². The minimum Gasteiger partial charge on any atom is -0.481 e. The van der Waals surface area contributed by atoms with Crippen LogP contribution in [0.15, 0.2) is 45.6 Å². The first-order chi connectivity index (χ1) is 25.9. The van der Waals surface area contributed by atoms with Gasteiger partial charge in [-0.05, 0) is 55.0 Å². The number of H-pyrrole nitrogens is 1. The number of anilines is 1. The molecule has 7 rings (SSSR count). The number of nitrogens with one attached hydrogen (secondary N) is 3. The number of quaternary nitrogens is 1. The van der Waals surface area contributed by atoms with Crippen molar-refractivity contribution in [3.63, 3.8) is 0 Å². The van der Waals surface area contributed by atoms with Gasteiger partial charge in [0.2, 0.25) is 0 Å². The molecule has 0 saturated carbocycles. The van der Waals surface area contributed by atoms with Gasteiger partial charge in [-0.15, -0.1) is 0 Å². The summed E-state index contributed by atoms with van der Waals surface area (Å²) in [5.41, 5.74) is 2.90. The van der Waals surface area contributed by atoms with Gasteiger partial charge in [0.05, 0.1) is 24.5 Å². The van der Waals surface area contributed by atoms with E-state index in [0.717, 1.165) is 16.2 Å². The molecule has 0 bridgehead atoms. The Morgan fingerprint density at radius 3 is 2.35 bits per heavy atom. The van der Waals surface area contributed by atoms with Gasteiger partial charge < -0.3 is 44.3 Å². The van der Waals surface area contributed by atoms with Crippen LogP contribution in [0.3, 0.4) is 0 Å². The summed E-state index contributed by atoms with van der Waals surface area (Å²) in [4.78, 5) is 85.7. The maximum Gasteiger partial charge on any atom is 0.417 e. The third-order valence-corrected chi connectivity index (χ3v) is 12.0. The maximum atomic E-state index is 14.2. The van der Waals surface area contributed by atoms with Crippen molar-refractivity contribution in [2.24, 2.45) is 5.92 Å². The third kappa shape index (κ3) is 7.39. The highest BCUT2D eigenvalue weighted by molar-refractivity contribution is 5.91. The summed E-state index contributed by atoms with van der Waals surface area (Å²) in [7, 11) is 0. The van der Waals surface area contributed by atoms with Crippen molar-refractivity contribution in [1.82, 2.24) is 19.7 Å². The monoisotopic (exact) mass is 747 g/mol. The molecule has 2 aromatic carbocycles. The summed E-state index contributed by atoms with van der Waals surface area (Å²) in [6.07, 6.45) is 1.00. The Labute approximate surface area is 311 Å². The average Bonchev–Trinajstić information content (AvgIpc) is 3.46. The van der Waals surface area contributed by atoms with E-state index in [-0.39, 0.29) is 44.4 Å². The molecule has 0 aliphatic carbocycles. The Hall–Kier alpha value is -5.38. The number of rotatable bonds is 8. The van der Waals surface area contributed by atoms with Crippen molar-refractivity contribution < 1.29 is 48.2 Å². The SMILES string of the molecule is Cc1cc(C[C@@H](OC(=O)N2CCC(N3CCc4ccccc4NC3=O)CC2)C(=O)N2CCC(C(=O)O)([NH+]3CCC(C(=O)O)CC3)CC2)cc2oc(=O)[nH]c12. The van der Waals surface area contributed by atoms with Crippen LogP contribution in [-0.2, 0) is 32.0 Å². The minimum absolute atomic E-state index is 0.00422. The van der Waals surface area contributed by atoms with Gasteiger partial charge in [0.15, 0.2) is 17.2 Å². The molecular weight excluding hydrogens is 700 g/mol. The Bertz CT molecular complexity index is 1980. The standard InChI is InChI=1S/C38H46N6O10/c1-23-20-24(21-29-31(23)40-36(51)53-29)22-30(32(45)41-18-11-38(12-19-41,34(48)49)43-15-6-26(7-16-43)33(46)47)54-37(52)42-13-9-27(10-14-42)44-17-8-25-4-2-3-5-28(25)39-35(44)50/h2-5,20-21,26-27,30H,6-19,22H2,1H3,(H,39,50)(H,40,51)(H,46,47)(H,48,49)/p+1/t30-/m1/s1. The van der Waals surface area contributed by atoms with E-state index in [1.54, 1.807) is 28.9 Å². The van der Waals surface area contributed by atoms with E-state index in [0.29, 0.717) is 87.1 Å². The number of hydrogen-bond donors (Lipinski definition) is 5. The fraction of sp³-hybridized carbons (Fsp3) is 0.526. The lowest BCUT2D eigenvalue weighted by Gasteiger charge is -2.45. The van der Waals surface area contributed by atoms with Gasteiger partial charge >= 0.3 is 29.8 Å². The predicted molar refractivity (Wildman–Crippen MR) is 193 cm³/mol. The van der Waals surface area contributed by atoms with Crippen molar-refractivity contribution >= 4 is 46.8 Å². The summed E-state index contributed by atoms with van der Waals surface area (Å²) in [5.74, 6) is -3.39. The molecule has 3 aromatic rings. The summed E-state index contributed by atoms with van der Waals surface area (Å²) < 4.78 is 11.3. The number of likely N-dealkylation sites (tertiary alicyclic amines) is 3. The predicted octanol–water partition coefficient (Wildman–Crippen LogP) is 1.86. The number of fused-ring (bicyclic) bond motifs is 2. The van der Waals surface area contributed by atoms with Crippen LogP contribution in [0.1, 0.15) is 55.2 Å². The number of carboxylic acids is 2. The number of carboxylic acid groups (broad SMARTS) is 2. The number of aryl methyl sites for hydroxylation is 1. The molecule has 5 heterocycles. The number of para-hydroxylation sites is 1. The number of aromatic amines is 1. The third-order valence-electron chi connectivity index (χ3n) is 12.0. The maximum absolute atomic E-state index is 14.2. The summed E-state index contributed by atoms with van der Waals surface area (Å²) in [5, 5.41) is 22.9. The number of carbonyl (C=O) groups is 5. The molecule has 3 saturated heterocycles. The van der Waals surface area contributed by atoms with Gasteiger partial charge in [-0.25, -0.2) is 19.2 Å². The van der Waals surface area contributed by atoms with E-state index in [2.05, 4.69) is 10.3 Å². The number of benzene rings is 2. The number of aromatic nitrogens is 1. The van der Waals surface area contributed by atoms with Crippen LogP contribution in [0.5, 0.6) is 0 Å². The normalized spacial score (nSPS) is 22.5. The molecule has 4 amide bonds. The number of carbonyl (C=O) groups excluding carboxylic acids is 3. The first kappa shape index (κ1) is 37.0. The highest BCUT2D eigenvalue weighted by atomic mass is 16.6. The molecule has 3 fully saturated rings. The van der Waals surface area contributed by atoms with Crippen LogP contribution >= 0.6 is 0 Å². The van der Waals surface area contributed by atoms with Crippen molar-refractivity contribution in [2.45, 2.75) is 76.0 Å². The lowest BCUT2D eigenvalue weighted by molar-refractivity contribution is -0.949. The van der Waals surface area contributed by atoms with Crippen LogP contribution in [0.2, 0.25) is 0 Å². The molecule has 4 aliphatic rings. The molecule has 1 aromatic heterocycles. The second-order valence-electron chi connectivity index (χ2n) is 15.1. The van der Waals surface area contributed by atoms with Crippen molar-refractivity contribution in [3.05, 3.63) is 63.6 Å². The zero-order valence-corrected chi connectivity index (χ0v) is 30.3. The molecule has 0 unspecified atom stereocenters. The first-order valence-electron chi connectivity index (χ1n) is 18.8. The van der Waals surface area contributed by atoms with Crippen molar-refractivity contribution in [2.75, 3.05) is 51.1 Å². The highest BCUT2D eigenvalue weighted by Gasteiger charge is 2.52. The fourth-order valence-corrected chi connectivity index (χ4v) is 8.82. The van der Waals surface area contributed by atoms with Gasteiger partial charge in [0.1, 0.15) is 0 Å². The highest BCUT2D eigenvalue weighted by Crippen LogP contribution is 2.27. The smallest absolute Gasteiger partial charge is 0.417 e. The number of aliphatic carboxylic acids is 2. The summed E-state index contributed by atoms with van der Waals surface area (Å²) >= 11 is 0. The van der Waals surface area contributed by atoms with Gasteiger partial charge in [-0.1, -0.05) is 24.3 Å². The topological polar surface area (TPSA) is 207 Å². The zero-order valence-electron chi connectivity index (χ0n) is 30.3. The van der Waals surface area contributed by atoms with E-state index in [4.69, 9.17) is 9.15 Å². The number of amides is 4. The second kappa shape index (κ2) is 15.2. The van der Waals surface area contributed by atoms with Crippen molar-refractivity contribution in [3.8, 4) is 0 Å². The zero-order chi connectivity index (χ0) is 38.1. The number of nitrogens with zero attached hydrogens (tertiary/aromatic N) is 3. The Kier molecular flexibility index (Phi) is 10.4. The van der Waals surface area contributed by atoms with E-state index in [1.807, 2.05) is 29.2 Å². The number of oxazole rings is 1.